The van der Waals surface area contributed by atoms with E-state index in [-0.39, 0.29) is 5.66 Å². The Morgan fingerprint density at radius 2 is 1.67 bits per heavy atom. The molecule has 1 rings (SSSR count). The summed E-state index contributed by atoms with van der Waals surface area (Å²) in [6.45, 7) is 7.03. The molecular weight excluding hydrogens is 279 g/mol. The van der Waals surface area contributed by atoms with E-state index >= 15 is 0 Å². The maximum absolute atomic E-state index is 13.4. The lowest BCUT2D eigenvalue weighted by Crippen LogP contribution is -2.18. The standard InChI is InChI=1S/C18H31O2P/c1-4-6-8-10-13-17(3)21(19,20-16-7-5-2)18-14-11-9-12-15-18/h9,11-12,14-15,17H,4-8,10,13,16H2,1-3H3/t17-,21+/m1/s1. The maximum atomic E-state index is 13.4. The highest BCUT2D eigenvalue weighted by molar-refractivity contribution is 7.67. The number of hydrogen-bond donors (Lipinski definition) is 0. The van der Waals surface area contributed by atoms with E-state index in [9.17, 15) is 4.57 Å². The maximum Gasteiger partial charge on any atom is 0.234 e. The van der Waals surface area contributed by atoms with E-state index in [2.05, 4.69) is 20.8 Å². The first-order chi connectivity index (χ1) is 10.1. The molecule has 0 saturated heterocycles. The first-order valence-corrected chi connectivity index (χ1v) is 10.1. The van der Waals surface area contributed by atoms with Crippen LogP contribution in [0.5, 0.6) is 0 Å². The fourth-order valence-corrected chi connectivity index (χ4v) is 4.90. The van der Waals surface area contributed by atoms with Crippen molar-refractivity contribution in [1.82, 2.24) is 0 Å². The second-order valence-electron chi connectivity index (χ2n) is 5.82. The van der Waals surface area contributed by atoms with E-state index in [1.54, 1.807) is 0 Å². The van der Waals surface area contributed by atoms with Crippen molar-refractivity contribution in [3.05, 3.63) is 30.3 Å². The Labute approximate surface area is 130 Å². The lowest BCUT2D eigenvalue weighted by molar-refractivity contribution is 0.305. The normalized spacial score (nSPS) is 15.6. The first-order valence-electron chi connectivity index (χ1n) is 8.45. The largest absolute Gasteiger partial charge is 0.325 e. The SMILES string of the molecule is CCCCCC[C@@H](C)[P@](=O)(OCCCC)c1ccccc1. The molecule has 120 valence electrons. The van der Waals surface area contributed by atoms with Crippen LogP contribution in [-0.4, -0.2) is 12.3 Å². The molecule has 0 amide bonds. The molecule has 0 aliphatic carbocycles. The third-order valence-corrected chi connectivity index (χ3v) is 6.96. The van der Waals surface area contributed by atoms with Crippen LogP contribution >= 0.6 is 7.37 Å². The fourth-order valence-electron chi connectivity index (χ4n) is 2.47. The van der Waals surface area contributed by atoms with Gasteiger partial charge in [0.25, 0.3) is 0 Å². The Bertz CT molecular complexity index is 416. The smallest absolute Gasteiger partial charge is 0.234 e. The topological polar surface area (TPSA) is 26.3 Å². The number of rotatable bonds is 11. The molecule has 1 aromatic carbocycles. The second-order valence-corrected chi connectivity index (χ2v) is 8.67. The molecule has 2 atom stereocenters. The average Bonchev–Trinajstić information content (AvgIpc) is 2.52. The highest BCUT2D eigenvalue weighted by atomic mass is 31.2. The molecule has 0 aromatic heterocycles. The zero-order valence-corrected chi connectivity index (χ0v) is 14.8. The van der Waals surface area contributed by atoms with E-state index in [0.29, 0.717) is 6.61 Å². The zero-order valence-electron chi connectivity index (χ0n) is 13.9. The summed E-state index contributed by atoms with van der Waals surface area (Å²) in [5.41, 5.74) is 0.105. The van der Waals surface area contributed by atoms with Crippen molar-refractivity contribution in [3.8, 4) is 0 Å². The Morgan fingerprint density at radius 1 is 1.00 bits per heavy atom. The van der Waals surface area contributed by atoms with Crippen molar-refractivity contribution in [2.24, 2.45) is 0 Å². The van der Waals surface area contributed by atoms with Crippen LogP contribution in [0.25, 0.3) is 0 Å². The summed E-state index contributed by atoms with van der Waals surface area (Å²) in [5.74, 6) is 0. The van der Waals surface area contributed by atoms with Crippen LogP contribution in [0.2, 0.25) is 0 Å². The van der Waals surface area contributed by atoms with Crippen LogP contribution in [-0.2, 0) is 9.09 Å². The van der Waals surface area contributed by atoms with E-state index in [1.165, 1.54) is 19.3 Å². The summed E-state index contributed by atoms with van der Waals surface area (Å²) in [6, 6.07) is 9.78. The molecule has 3 heteroatoms. The fraction of sp³-hybridized carbons (Fsp3) is 0.667. The van der Waals surface area contributed by atoms with Gasteiger partial charge in [-0.15, -0.1) is 0 Å². The molecule has 0 aliphatic rings. The minimum Gasteiger partial charge on any atom is -0.325 e. The summed E-state index contributed by atoms with van der Waals surface area (Å²) in [4.78, 5) is 0. The Morgan fingerprint density at radius 3 is 2.29 bits per heavy atom. The van der Waals surface area contributed by atoms with E-state index in [4.69, 9.17) is 4.52 Å². The molecule has 1 aromatic rings. The minimum atomic E-state index is -2.74. The zero-order chi connectivity index (χ0) is 15.6. The average molecular weight is 310 g/mol. The summed E-state index contributed by atoms with van der Waals surface area (Å²) in [6.07, 6.45) is 7.89. The molecule has 0 saturated carbocycles. The van der Waals surface area contributed by atoms with Gasteiger partial charge < -0.3 is 4.52 Å². The van der Waals surface area contributed by atoms with Gasteiger partial charge in [-0.05, 0) is 25.0 Å². The minimum absolute atomic E-state index is 0.105. The highest BCUT2D eigenvalue weighted by Crippen LogP contribution is 2.52. The number of unbranched alkanes of at least 4 members (excludes halogenated alkanes) is 4. The molecule has 0 N–H and O–H groups in total. The lowest BCUT2D eigenvalue weighted by Gasteiger charge is -2.25. The van der Waals surface area contributed by atoms with E-state index in [0.717, 1.165) is 31.0 Å². The van der Waals surface area contributed by atoms with Crippen molar-refractivity contribution >= 4 is 12.7 Å². The van der Waals surface area contributed by atoms with Crippen LogP contribution < -0.4 is 5.30 Å². The molecule has 0 spiro atoms. The summed E-state index contributed by atoms with van der Waals surface area (Å²) in [5, 5.41) is 0.879. The predicted molar refractivity (Wildman–Crippen MR) is 92.8 cm³/mol. The van der Waals surface area contributed by atoms with Crippen LogP contribution in [0.4, 0.5) is 0 Å². The van der Waals surface area contributed by atoms with E-state index in [1.807, 2.05) is 30.3 Å². The Balaban J connectivity index is 2.74. The Hall–Kier alpha value is -0.590. The molecule has 0 aliphatic heterocycles. The van der Waals surface area contributed by atoms with Gasteiger partial charge in [0.15, 0.2) is 0 Å². The van der Waals surface area contributed by atoms with Crippen molar-refractivity contribution in [2.45, 2.75) is 71.4 Å². The molecule has 0 radical (unpaired) electrons. The van der Waals surface area contributed by atoms with Crippen LogP contribution in [0.1, 0.15) is 65.7 Å². The summed E-state index contributed by atoms with van der Waals surface area (Å²) in [7, 11) is -2.74. The predicted octanol–water partition coefficient (Wildman–Crippen LogP) is 5.77. The van der Waals surface area contributed by atoms with Crippen molar-refractivity contribution in [2.75, 3.05) is 6.61 Å². The van der Waals surface area contributed by atoms with Gasteiger partial charge in [0, 0.05) is 11.0 Å². The van der Waals surface area contributed by atoms with Crippen molar-refractivity contribution < 1.29 is 9.09 Å². The van der Waals surface area contributed by atoms with Crippen LogP contribution in [0.3, 0.4) is 0 Å². The first kappa shape index (κ1) is 18.5. The van der Waals surface area contributed by atoms with Gasteiger partial charge in [0.1, 0.15) is 0 Å². The molecule has 0 bridgehead atoms. The van der Waals surface area contributed by atoms with Gasteiger partial charge in [0.2, 0.25) is 7.37 Å². The summed E-state index contributed by atoms with van der Waals surface area (Å²) < 4.78 is 19.4. The molecule has 0 fully saturated rings. The van der Waals surface area contributed by atoms with Crippen molar-refractivity contribution in [1.29, 1.82) is 0 Å². The van der Waals surface area contributed by atoms with Crippen LogP contribution in [0, 0.1) is 0 Å². The highest BCUT2D eigenvalue weighted by Gasteiger charge is 2.32. The second kappa shape index (κ2) is 10.2. The Kier molecular flexibility index (Phi) is 8.96. The van der Waals surface area contributed by atoms with Gasteiger partial charge in [-0.2, -0.15) is 0 Å². The number of benzene rings is 1. The van der Waals surface area contributed by atoms with Gasteiger partial charge >= 0.3 is 0 Å². The van der Waals surface area contributed by atoms with Crippen LogP contribution in [0.15, 0.2) is 30.3 Å². The monoisotopic (exact) mass is 310 g/mol. The lowest BCUT2D eigenvalue weighted by atomic mass is 10.1. The quantitative estimate of drug-likeness (QED) is 0.383. The van der Waals surface area contributed by atoms with Gasteiger partial charge in [-0.25, -0.2) is 0 Å². The van der Waals surface area contributed by atoms with Gasteiger partial charge in [-0.3, -0.25) is 4.57 Å². The van der Waals surface area contributed by atoms with E-state index < -0.39 is 7.37 Å². The summed E-state index contributed by atoms with van der Waals surface area (Å²) >= 11 is 0. The van der Waals surface area contributed by atoms with Crippen molar-refractivity contribution in [3.63, 3.8) is 0 Å². The molecule has 0 unspecified atom stereocenters. The third kappa shape index (κ3) is 5.96. The van der Waals surface area contributed by atoms with Gasteiger partial charge in [0.05, 0.1) is 6.61 Å². The third-order valence-electron chi connectivity index (χ3n) is 3.95. The molecule has 21 heavy (non-hydrogen) atoms. The molecule has 0 heterocycles. The van der Waals surface area contributed by atoms with Gasteiger partial charge in [-0.1, -0.05) is 71.1 Å². The number of hydrogen-bond acceptors (Lipinski definition) is 2. The molecule has 2 nitrogen and oxygen atoms in total. The molecular formula is C18H31O2P.